The van der Waals surface area contributed by atoms with Gasteiger partial charge in [-0.3, -0.25) is 9.69 Å². The lowest BCUT2D eigenvalue weighted by atomic mass is 10.1. The van der Waals surface area contributed by atoms with Crippen molar-refractivity contribution >= 4 is 33.2 Å². The molecular weight excluding hydrogens is 406 g/mol. The zero-order valence-corrected chi connectivity index (χ0v) is 17.5. The first-order valence-electron chi connectivity index (χ1n) is 9.23. The molecule has 1 N–H and O–H groups in total. The van der Waals surface area contributed by atoms with Crippen molar-refractivity contribution in [2.24, 2.45) is 0 Å². The van der Waals surface area contributed by atoms with Crippen molar-refractivity contribution in [3.05, 3.63) is 81.2 Å². The minimum atomic E-state index is -0.101. The van der Waals surface area contributed by atoms with Gasteiger partial charge in [-0.15, -0.1) is 11.3 Å². The number of nitrogens with zero attached hydrogens (tertiary/aromatic N) is 2. The summed E-state index contributed by atoms with van der Waals surface area (Å²) >= 11 is 7.37. The molecular formula is C22H20ClN3O2S. The Balaban J connectivity index is 1.43. The summed E-state index contributed by atoms with van der Waals surface area (Å²) in [6, 6.07) is 17.2. The van der Waals surface area contributed by atoms with Crippen LogP contribution in [0.2, 0.25) is 5.02 Å². The van der Waals surface area contributed by atoms with E-state index in [0.29, 0.717) is 35.9 Å². The van der Waals surface area contributed by atoms with E-state index in [4.69, 9.17) is 16.3 Å². The van der Waals surface area contributed by atoms with Crippen molar-refractivity contribution in [2.45, 2.75) is 6.54 Å². The summed E-state index contributed by atoms with van der Waals surface area (Å²) in [6.45, 7) is 1.76. The van der Waals surface area contributed by atoms with Crippen LogP contribution in [0.5, 0.6) is 5.75 Å². The van der Waals surface area contributed by atoms with E-state index >= 15 is 0 Å². The van der Waals surface area contributed by atoms with Gasteiger partial charge in [0, 0.05) is 22.5 Å². The van der Waals surface area contributed by atoms with Crippen LogP contribution in [0.4, 0.5) is 0 Å². The van der Waals surface area contributed by atoms with Crippen molar-refractivity contribution < 1.29 is 4.74 Å². The number of halogens is 1. The molecule has 0 unspecified atom stereocenters. The summed E-state index contributed by atoms with van der Waals surface area (Å²) < 4.78 is 5.73. The van der Waals surface area contributed by atoms with Crippen molar-refractivity contribution in [1.29, 1.82) is 0 Å². The number of H-pyrrole nitrogens is 1. The van der Waals surface area contributed by atoms with Gasteiger partial charge in [0.1, 0.15) is 23.0 Å². The highest BCUT2D eigenvalue weighted by Gasteiger charge is 2.13. The fraction of sp³-hybridized carbons (Fsp3) is 0.182. The van der Waals surface area contributed by atoms with Gasteiger partial charge in [0.25, 0.3) is 5.56 Å². The molecule has 7 heteroatoms. The summed E-state index contributed by atoms with van der Waals surface area (Å²) in [4.78, 5) is 23.1. The SMILES string of the molecule is CN(CCOc1ccc(Cl)cc1)Cc1nc2scc(-c3ccccc3)c2c(=O)[nH]1. The molecule has 0 saturated heterocycles. The van der Waals surface area contributed by atoms with E-state index < -0.39 is 0 Å². The minimum absolute atomic E-state index is 0.101. The largest absolute Gasteiger partial charge is 0.492 e. The maximum absolute atomic E-state index is 12.7. The number of nitrogens with one attached hydrogen (secondary N) is 1. The number of hydrogen-bond donors (Lipinski definition) is 1. The molecule has 2 aromatic heterocycles. The average Bonchev–Trinajstić information content (AvgIpc) is 3.15. The van der Waals surface area contributed by atoms with Gasteiger partial charge < -0.3 is 9.72 Å². The molecule has 0 atom stereocenters. The molecule has 148 valence electrons. The maximum Gasteiger partial charge on any atom is 0.260 e. The van der Waals surface area contributed by atoms with Crippen molar-refractivity contribution in [3.8, 4) is 16.9 Å². The standard InChI is InChI=1S/C22H20ClN3O2S/c1-26(11-12-28-17-9-7-16(23)8-10-17)13-19-24-21(27)20-18(14-29-22(20)25-19)15-5-3-2-4-6-15/h2-10,14H,11-13H2,1H3,(H,24,25,27). The number of thiophene rings is 1. The lowest BCUT2D eigenvalue weighted by Gasteiger charge is -2.16. The molecule has 0 bridgehead atoms. The molecule has 5 nitrogen and oxygen atoms in total. The number of benzene rings is 2. The van der Waals surface area contributed by atoms with E-state index in [1.807, 2.05) is 54.9 Å². The Bertz CT molecular complexity index is 1160. The van der Waals surface area contributed by atoms with Gasteiger partial charge in [-0.1, -0.05) is 41.9 Å². The third-order valence-corrected chi connectivity index (χ3v) is 5.68. The van der Waals surface area contributed by atoms with E-state index in [1.165, 1.54) is 11.3 Å². The van der Waals surface area contributed by atoms with Crippen LogP contribution in [-0.4, -0.2) is 35.1 Å². The second kappa shape index (κ2) is 8.78. The van der Waals surface area contributed by atoms with Crippen molar-refractivity contribution in [3.63, 3.8) is 0 Å². The zero-order chi connectivity index (χ0) is 20.2. The molecule has 4 aromatic rings. The smallest absolute Gasteiger partial charge is 0.260 e. The van der Waals surface area contributed by atoms with Crippen LogP contribution < -0.4 is 10.3 Å². The normalized spacial score (nSPS) is 11.3. The molecule has 0 radical (unpaired) electrons. The van der Waals surface area contributed by atoms with Crippen LogP contribution in [0.1, 0.15) is 5.82 Å². The van der Waals surface area contributed by atoms with Crippen molar-refractivity contribution in [2.75, 3.05) is 20.2 Å². The molecule has 0 aliphatic rings. The first-order chi connectivity index (χ1) is 14.1. The molecule has 4 rings (SSSR count). The summed E-state index contributed by atoms with van der Waals surface area (Å²) in [7, 11) is 1.97. The number of hydrogen-bond acceptors (Lipinski definition) is 5. The Morgan fingerprint density at radius 1 is 1.14 bits per heavy atom. The predicted octanol–water partition coefficient (Wildman–Crippen LogP) is 4.82. The number of aromatic amines is 1. The molecule has 0 amide bonds. The molecule has 2 heterocycles. The van der Waals surface area contributed by atoms with Gasteiger partial charge in [-0.2, -0.15) is 0 Å². The van der Waals surface area contributed by atoms with Crippen LogP contribution in [-0.2, 0) is 6.54 Å². The number of aromatic nitrogens is 2. The fourth-order valence-electron chi connectivity index (χ4n) is 3.08. The van der Waals surface area contributed by atoms with Gasteiger partial charge in [-0.25, -0.2) is 4.98 Å². The van der Waals surface area contributed by atoms with Gasteiger partial charge in [0.2, 0.25) is 0 Å². The Morgan fingerprint density at radius 2 is 1.90 bits per heavy atom. The van der Waals surface area contributed by atoms with Gasteiger partial charge in [0.05, 0.1) is 11.9 Å². The summed E-state index contributed by atoms with van der Waals surface area (Å²) in [6.07, 6.45) is 0. The zero-order valence-electron chi connectivity index (χ0n) is 15.9. The third-order valence-electron chi connectivity index (χ3n) is 4.55. The summed E-state index contributed by atoms with van der Waals surface area (Å²) in [5.41, 5.74) is 1.85. The molecule has 0 aliphatic heterocycles. The first kappa shape index (κ1) is 19.6. The summed E-state index contributed by atoms with van der Waals surface area (Å²) in [5.74, 6) is 1.43. The molecule has 0 fully saturated rings. The Morgan fingerprint density at radius 3 is 2.66 bits per heavy atom. The first-order valence-corrected chi connectivity index (χ1v) is 10.5. The van der Waals surface area contributed by atoms with Crippen LogP contribution in [0.15, 0.2) is 64.8 Å². The van der Waals surface area contributed by atoms with Crippen LogP contribution in [0.3, 0.4) is 0 Å². The summed E-state index contributed by atoms with van der Waals surface area (Å²) in [5, 5.41) is 3.33. The second-order valence-corrected chi connectivity index (χ2v) is 8.04. The van der Waals surface area contributed by atoms with E-state index in [9.17, 15) is 4.79 Å². The van der Waals surface area contributed by atoms with Crippen LogP contribution in [0.25, 0.3) is 21.3 Å². The number of rotatable bonds is 7. The Labute approximate surface area is 177 Å². The molecule has 0 spiro atoms. The predicted molar refractivity (Wildman–Crippen MR) is 119 cm³/mol. The average molecular weight is 426 g/mol. The third kappa shape index (κ3) is 4.67. The Hall–Kier alpha value is -2.67. The van der Waals surface area contributed by atoms with Crippen LogP contribution in [0, 0.1) is 0 Å². The highest BCUT2D eigenvalue weighted by molar-refractivity contribution is 7.17. The van der Waals surface area contributed by atoms with E-state index in [-0.39, 0.29) is 5.56 Å². The fourth-order valence-corrected chi connectivity index (χ4v) is 4.18. The quantitative estimate of drug-likeness (QED) is 0.461. The number of likely N-dealkylation sites (N-methyl/N-ethyl adjacent to an activating group) is 1. The van der Waals surface area contributed by atoms with E-state index in [1.54, 1.807) is 12.1 Å². The highest BCUT2D eigenvalue weighted by Crippen LogP contribution is 2.30. The van der Waals surface area contributed by atoms with Crippen molar-refractivity contribution in [1.82, 2.24) is 14.9 Å². The maximum atomic E-state index is 12.7. The number of ether oxygens (including phenoxy) is 1. The van der Waals surface area contributed by atoms with E-state index in [0.717, 1.165) is 21.7 Å². The molecule has 0 saturated carbocycles. The topological polar surface area (TPSA) is 58.2 Å². The molecule has 29 heavy (non-hydrogen) atoms. The Kier molecular flexibility index (Phi) is 5.94. The lowest BCUT2D eigenvalue weighted by molar-refractivity contribution is 0.230. The number of fused-ring (bicyclic) bond motifs is 1. The van der Waals surface area contributed by atoms with E-state index in [2.05, 4.69) is 14.9 Å². The minimum Gasteiger partial charge on any atom is -0.492 e. The monoisotopic (exact) mass is 425 g/mol. The highest BCUT2D eigenvalue weighted by atomic mass is 35.5. The second-order valence-electron chi connectivity index (χ2n) is 6.75. The van der Waals surface area contributed by atoms with Crippen LogP contribution >= 0.6 is 22.9 Å². The lowest BCUT2D eigenvalue weighted by Crippen LogP contribution is -2.26. The van der Waals surface area contributed by atoms with Gasteiger partial charge in [0.15, 0.2) is 0 Å². The molecule has 2 aromatic carbocycles. The molecule has 0 aliphatic carbocycles. The van der Waals surface area contributed by atoms with Gasteiger partial charge in [-0.05, 0) is 36.9 Å². The van der Waals surface area contributed by atoms with Gasteiger partial charge >= 0.3 is 0 Å².